The lowest BCUT2D eigenvalue weighted by molar-refractivity contribution is -0.111. The predicted molar refractivity (Wildman–Crippen MR) is 118 cm³/mol. The quantitative estimate of drug-likeness (QED) is 0.220. The lowest BCUT2D eigenvalue weighted by Crippen LogP contribution is -2.05. The molecule has 0 fully saturated rings. The molecule has 0 aromatic heterocycles. The number of hydrogen-bond donors (Lipinski definition) is 1. The Morgan fingerprint density at radius 2 is 1.33 bits per heavy atom. The molecule has 0 aliphatic rings. The van der Waals surface area contributed by atoms with Crippen LogP contribution in [0.1, 0.15) is 103 Å². The maximum absolute atomic E-state index is 11.9. The summed E-state index contributed by atoms with van der Waals surface area (Å²) in [5.41, 5.74) is 0. The Balaban J connectivity index is 1.83. The summed E-state index contributed by atoms with van der Waals surface area (Å²) >= 11 is 1.37. The molecule has 0 saturated carbocycles. The van der Waals surface area contributed by atoms with Gasteiger partial charge in [-0.2, -0.15) is 0 Å². The second kappa shape index (κ2) is 17.3. The van der Waals surface area contributed by atoms with Crippen LogP contribution in [0.5, 0.6) is 0 Å². The van der Waals surface area contributed by atoms with Crippen LogP contribution in [-0.2, 0) is 4.79 Å². The van der Waals surface area contributed by atoms with E-state index in [1.807, 2.05) is 30.3 Å². The molecule has 0 spiro atoms. The normalized spacial score (nSPS) is 12.2. The molecule has 1 aromatic rings. The Hall–Kier alpha value is -0.800. The van der Waals surface area contributed by atoms with Crippen molar-refractivity contribution in [1.82, 2.24) is 0 Å². The minimum absolute atomic E-state index is 0.0758. The van der Waals surface area contributed by atoms with E-state index in [2.05, 4.69) is 6.92 Å². The first-order valence-corrected chi connectivity index (χ1v) is 12.0. The number of aliphatic hydroxyl groups is 1. The van der Waals surface area contributed by atoms with Crippen LogP contribution < -0.4 is 0 Å². The molecule has 1 aromatic carbocycles. The number of carbonyl (C=O) groups is 1. The topological polar surface area (TPSA) is 37.3 Å². The summed E-state index contributed by atoms with van der Waals surface area (Å²) < 4.78 is 0. The zero-order valence-electron chi connectivity index (χ0n) is 17.3. The lowest BCUT2D eigenvalue weighted by Gasteiger charge is -2.10. The second-order valence-corrected chi connectivity index (χ2v) is 8.79. The van der Waals surface area contributed by atoms with Crippen molar-refractivity contribution in [2.75, 3.05) is 0 Å². The van der Waals surface area contributed by atoms with Crippen LogP contribution in [-0.4, -0.2) is 16.3 Å². The molecule has 1 atom stereocenters. The Morgan fingerprint density at radius 1 is 0.815 bits per heavy atom. The molecule has 0 radical (unpaired) electrons. The number of carbonyl (C=O) groups excluding carboxylic acids is 1. The maximum Gasteiger partial charge on any atom is 0.193 e. The van der Waals surface area contributed by atoms with Crippen molar-refractivity contribution >= 4 is 16.9 Å². The van der Waals surface area contributed by atoms with Crippen molar-refractivity contribution in [2.45, 2.75) is 114 Å². The van der Waals surface area contributed by atoms with Gasteiger partial charge in [-0.25, -0.2) is 0 Å². The third-order valence-corrected chi connectivity index (χ3v) is 5.97. The van der Waals surface area contributed by atoms with E-state index in [1.165, 1.54) is 76.0 Å². The van der Waals surface area contributed by atoms with Crippen LogP contribution in [0.2, 0.25) is 0 Å². The predicted octanol–water partition coefficient (Wildman–Crippen LogP) is 7.54. The van der Waals surface area contributed by atoms with Gasteiger partial charge in [0.25, 0.3) is 0 Å². The summed E-state index contributed by atoms with van der Waals surface area (Å²) in [7, 11) is 0. The van der Waals surface area contributed by atoms with Gasteiger partial charge >= 0.3 is 0 Å². The SMILES string of the molecule is CCCCCCC(O)CCCCCCCCCCC(=O)Sc1ccccc1. The van der Waals surface area contributed by atoms with Crippen LogP contribution in [0.15, 0.2) is 35.2 Å². The first kappa shape index (κ1) is 24.2. The summed E-state index contributed by atoms with van der Waals surface area (Å²) in [4.78, 5) is 13.0. The van der Waals surface area contributed by atoms with Crippen LogP contribution in [0, 0.1) is 0 Å². The third-order valence-electron chi connectivity index (χ3n) is 5.03. The molecule has 0 aliphatic carbocycles. The highest BCUT2D eigenvalue weighted by Crippen LogP contribution is 2.21. The fraction of sp³-hybridized carbons (Fsp3) is 0.708. The van der Waals surface area contributed by atoms with Gasteiger partial charge in [0.05, 0.1) is 6.10 Å². The molecule has 0 heterocycles. The van der Waals surface area contributed by atoms with E-state index in [0.29, 0.717) is 6.42 Å². The summed E-state index contributed by atoms with van der Waals surface area (Å²) in [5.74, 6) is 0. The molecule has 1 rings (SSSR count). The van der Waals surface area contributed by atoms with Gasteiger partial charge in [0.1, 0.15) is 0 Å². The number of rotatable bonds is 17. The van der Waals surface area contributed by atoms with E-state index in [4.69, 9.17) is 0 Å². The second-order valence-electron chi connectivity index (χ2n) is 7.66. The van der Waals surface area contributed by atoms with Gasteiger partial charge in [0, 0.05) is 11.3 Å². The van der Waals surface area contributed by atoms with Crippen molar-refractivity contribution in [2.24, 2.45) is 0 Å². The summed E-state index contributed by atoms with van der Waals surface area (Å²) in [6.45, 7) is 2.22. The highest BCUT2D eigenvalue weighted by atomic mass is 32.2. The zero-order valence-corrected chi connectivity index (χ0v) is 18.2. The largest absolute Gasteiger partial charge is 0.393 e. The summed E-state index contributed by atoms with van der Waals surface area (Å²) in [5, 5.41) is 10.2. The fourth-order valence-electron chi connectivity index (χ4n) is 3.33. The van der Waals surface area contributed by atoms with E-state index < -0.39 is 0 Å². The fourth-order valence-corrected chi connectivity index (χ4v) is 4.13. The first-order valence-electron chi connectivity index (χ1n) is 11.2. The summed E-state index contributed by atoms with van der Waals surface area (Å²) in [6.07, 6.45) is 17.3. The first-order chi connectivity index (χ1) is 13.2. The van der Waals surface area contributed by atoms with Crippen molar-refractivity contribution in [3.63, 3.8) is 0 Å². The molecule has 2 nitrogen and oxygen atoms in total. The van der Waals surface area contributed by atoms with E-state index in [-0.39, 0.29) is 11.2 Å². The smallest absolute Gasteiger partial charge is 0.193 e. The lowest BCUT2D eigenvalue weighted by atomic mass is 10.0. The van der Waals surface area contributed by atoms with Crippen LogP contribution in [0.3, 0.4) is 0 Å². The molecular formula is C24H40O2S. The van der Waals surface area contributed by atoms with E-state index in [1.54, 1.807) is 0 Å². The van der Waals surface area contributed by atoms with Gasteiger partial charge in [-0.05, 0) is 31.4 Å². The van der Waals surface area contributed by atoms with Gasteiger partial charge in [-0.1, -0.05) is 108 Å². The molecule has 1 N–H and O–H groups in total. The number of benzene rings is 1. The van der Waals surface area contributed by atoms with Gasteiger partial charge in [-0.3, -0.25) is 4.79 Å². The molecule has 1 unspecified atom stereocenters. The van der Waals surface area contributed by atoms with Crippen LogP contribution >= 0.6 is 11.8 Å². The van der Waals surface area contributed by atoms with Crippen molar-refractivity contribution in [1.29, 1.82) is 0 Å². The molecule has 0 bridgehead atoms. The molecule has 0 aliphatic heterocycles. The number of thioether (sulfide) groups is 1. The molecule has 0 saturated heterocycles. The van der Waals surface area contributed by atoms with Gasteiger partial charge in [0.15, 0.2) is 5.12 Å². The average molecular weight is 393 g/mol. The minimum atomic E-state index is -0.0758. The monoisotopic (exact) mass is 392 g/mol. The molecule has 0 amide bonds. The highest BCUT2D eigenvalue weighted by Gasteiger charge is 2.05. The third kappa shape index (κ3) is 14.9. The van der Waals surface area contributed by atoms with Gasteiger partial charge in [0.2, 0.25) is 0 Å². The Labute approximate surface area is 171 Å². The standard InChI is InChI=1S/C24H40O2S/c1-2-3-4-12-17-22(25)18-13-9-7-5-6-8-10-16-21-24(26)27-23-19-14-11-15-20-23/h11,14-15,19-20,22,25H,2-10,12-13,16-18,21H2,1H3. The molecule has 154 valence electrons. The average Bonchev–Trinajstić information content (AvgIpc) is 2.67. The zero-order chi connectivity index (χ0) is 19.6. The maximum atomic E-state index is 11.9. The van der Waals surface area contributed by atoms with Gasteiger partial charge < -0.3 is 5.11 Å². The molecular weight excluding hydrogens is 352 g/mol. The number of aliphatic hydroxyl groups excluding tert-OH is 1. The molecule has 3 heteroatoms. The van der Waals surface area contributed by atoms with Crippen molar-refractivity contribution in [3.8, 4) is 0 Å². The highest BCUT2D eigenvalue weighted by molar-refractivity contribution is 8.13. The number of unbranched alkanes of at least 4 members (excludes halogenated alkanes) is 10. The van der Waals surface area contributed by atoms with Crippen LogP contribution in [0.25, 0.3) is 0 Å². The molecule has 27 heavy (non-hydrogen) atoms. The van der Waals surface area contributed by atoms with Crippen molar-refractivity contribution < 1.29 is 9.90 Å². The Kier molecular flexibility index (Phi) is 15.5. The van der Waals surface area contributed by atoms with E-state index >= 15 is 0 Å². The summed E-state index contributed by atoms with van der Waals surface area (Å²) in [6, 6.07) is 9.92. The van der Waals surface area contributed by atoms with Crippen molar-refractivity contribution in [3.05, 3.63) is 30.3 Å². The number of hydrogen-bond acceptors (Lipinski definition) is 3. The minimum Gasteiger partial charge on any atom is -0.393 e. The van der Waals surface area contributed by atoms with Gasteiger partial charge in [-0.15, -0.1) is 0 Å². The van der Waals surface area contributed by atoms with E-state index in [0.717, 1.165) is 30.6 Å². The van der Waals surface area contributed by atoms with E-state index in [9.17, 15) is 9.90 Å². The Bertz CT molecular complexity index is 461. The Morgan fingerprint density at radius 3 is 1.93 bits per heavy atom. The van der Waals surface area contributed by atoms with Crippen LogP contribution in [0.4, 0.5) is 0 Å².